The van der Waals surface area contributed by atoms with Gasteiger partial charge in [-0.2, -0.15) is 0 Å². The third-order valence-electron chi connectivity index (χ3n) is 5.30. The van der Waals surface area contributed by atoms with Crippen molar-refractivity contribution in [1.29, 1.82) is 0 Å². The van der Waals surface area contributed by atoms with E-state index in [1.54, 1.807) is 0 Å². The quantitative estimate of drug-likeness (QED) is 0.388. The van der Waals surface area contributed by atoms with Crippen LogP contribution in [0.5, 0.6) is 0 Å². The highest BCUT2D eigenvalue weighted by atomic mass is 32.1. The van der Waals surface area contributed by atoms with Crippen LogP contribution >= 0.6 is 11.3 Å². The minimum atomic E-state index is -0.919. The van der Waals surface area contributed by atoms with Crippen molar-refractivity contribution >= 4 is 33.3 Å². The molecule has 0 atom stereocenters. The van der Waals surface area contributed by atoms with Crippen LogP contribution in [-0.4, -0.2) is 27.6 Å². The zero-order chi connectivity index (χ0) is 21.8. The molecule has 0 aliphatic carbocycles. The van der Waals surface area contributed by atoms with Gasteiger partial charge in [-0.25, -0.2) is 14.8 Å². The molecular weight excluding hydrogens is 406 g/mol. The number of aromatic nitrogens is 2. The average Bonchev–Trinajstić information content (AvgIpc) is 3.10. The van der Waals surface area contributed by atoms with Crippen LogP contribution in [0.3, 0.4) is 0 Å². The Morgan fingerprint density at radius 1 is 0.968 bits per heavy atom. The van der Waals surface area contributed by atoms with Crippen molar-refractivity contribution in [3.05, 3.63) is 87.6 Å². The highest BCUT2D eigenvalue weighted by Gasteiger charge is 2.20. The first-order chi connectivity index (χ1) is 15.0. The summed E-state index contributed by atoms with van der Waals surface area (Å²) in [6.45, 7) is 4.64. The maximum Gasteiger partial charge on any atom is 0.346 e. The van der Waals surface area contributed by atoms with Crippen molar-refractivity contribution in [2.24, 2.45) is 0 Å². The third kappa shape index (κ3) is 4.91. The molecule has 5 nitrogen and oxygen atoms in total. The van der Waals surface area contributed by atoms with Crippen LogP contribution in [0, 0.1) is 13.8 Å². The fourth-order valence-electron chi connectivity index (χ4n) is 3.72. The molecule has 4 aromatic rings. The summed E-state index contributed by atoms with van der Waals surface area (Å²) in [4.78, 5) is 22.2. The highest BCUT2D eigenvalue weighted by Crippen LogP contribution is 2.34. The van der Waals surface area contributed by atoms with Gasteiger partial charge in [-0.05, 0) is 43.4 Å². The molecule has 0 saturated carbocycles. The van der Waals surface area contributed by atoms with E-state index in [0.29, 0.717) is 17.8 Å². The van der Waals surface area contributed by atoms with E-state index < -0.39 is 5.97 Å². The van der Waals surface area contributed by atoms with Gasteiger partial charge in [0.05, 0.1) is 5.39 Å². The van der Waals surface area contributed by atoms with E-state index in [-0.39, 0.29) is 0 Å². The molecule has 2 N–H and O–H groups in total. The number of thiophene rings is 1. The fourth-order valence-corrected chi connectivity index (χ4v) is 4.76. The second kappa shape index (κ2) is 9.27. The summed E-state index contributed by atoms with van der Waals surface area (Å²) in [5, 5.41) is 13.8. The molecule has 0 saturated heterocycles. The number of carbonyl (C=O) groups is 1. The maximum atomic E-state index is 11.7. The standard InChI is InChI=1S/C25H25N3O2S/c1-16-7-6-10-19(15-16)13-14-26-23-21-17(2)22(25(29)30)31-24(21)28-20(27-23)12-11-18-8-4-3-5-9-18/h3-10,15H,11-14H2,1-2H3,(H,29,30)(H,26,27,28). The van der Waals surface area contributed by atoms with E-state index in [0.717, 1.165) is 40.3 Å². The monoisotopic (exact) mass is 431 g/mol. The summed E-state index contributed by atoms with van der Waals surface area (Å²) < 4.78 is 0. The van der Waals surface area contributed by atoms with Gasteiger partial charge in [0, 0.05) is 13.0 Å². The zero-order valence-corrected chi connectivity index (χ0v) is 18.5. The number of benzene rings is 2. The van der Waals surface area contributed by atoms with Gasteiger partial charge < -0.3 is 10.4 Å². The van der Waals surface area contributed by atoms with Crippen molar-refractivity contribution < 1.29 is 9.90 Å². The van der Waals surface area contributed by atoms with E-state index in [1.165, 1.54) is 28.0 Å². The first-order valence-electron chi connectivity index (χ1n) is 10.4. The molecule has 2 aromatic carbocycles. The molecule has 0 bridgehead atoms. The fraction of sp³-hybridized carbons (Fsp3) is 0.240. The van der Waals surface area contributed by atoms with Gasteiger partial charge in [0.2, 0.25) is 0 Å². The highest BCUT2D eigenvalue weighted by molar-refractivity contribution is 7.20. The Hall–Kier alpha value is -3.25. The third-order valence-corrected chi connectivity index (χ3v) is 6.47. The van der Waals surface area contributed by atoms with Crippen molar-refractivity contribution in [2.75, 3.05) is 11.9 Å². The number of nitrogens with zero attached hydrogens (tertiary/aromatic N) is 2. The number of anilines is 1. The molecule has 0 fully saturated rings. The molecule has 0 spiro atoms. The van der Waals surface area contributed by atoms with Crippen LogP contribution in [0.15, 0.2) is 54.6 Å². The average molecular weight is 432 g/mol. The molecule has 158 valence electrons. The molecule has 0 radical (unpaired) electrons. The molecule has 0 unspecified atom stereocenters. The van der Waals surface area contributed by atoms with Gasteiger partial charge in [0.25, 0.3) is 0 Å². The lowest BCUT2D eigenvalue weighted by Gasteiger charge is -2.10. The van der Waals surface area contributed by atoms with E-state index >= 15 is 0 Å². The first kappa shape index (κ1) is 21.0. The lowest BCUT2D eigenvalue weighted by molar-refractivity contribution is 0.0701. The second-order valence-electron chi connectivity index (χ2n) is 7.68. The van der Waals surface area contributed by atoms with Gasteiger partial charge in [-0.1, -0.05) is 60.2 Å². The zero-order valence-electron chi connectivity index (χ0n) is 17.7. The number of hydrogen-bond donors (Lipinski definition) is 2. The number of aromatic carboxylic acids is 1. The summed E-state index contributed by atoms with van der Waals surface area (Å²) >= 11 is 1.22. The Morgan fingerprint density at radius 3 is 2.48 bits per heavy atom. The van der Waals surface area contributed by atoms with Gasteiger partial charge in [-0.3, -0.25) is 0 Å². The van der Waals surface area contributed by atoms with Crippen LogP contribution < -0.4 is 5.32 Å². The van der Waals surface area contributed by atoms with E-state index in [2.05, 4.69) is 48.6 Å². The molecular formula is C25H25N3O2S. The summed E-state index contributed by atoms with van der Waals surface area (Å²) in [7, 11) is 0. The number of fused-ring (bicyclic) bond motifs is 1. The molecule has 0 aliphatic rings. The summed E-state index contributed by atoms with van der Waals surface area (Å²) in [5.74, 6) is 0.534. The Balaban J connectivity index is 1.61. The van der Waals surface area contributed by atoms with E-state index in [4.69, 9.17) is 9.97 Å². The summed E-state index contributed by atoms with van der Waals surface area (Å²) in [5.41, 5.74) is 4.45. The Labute approximate surface area is 185 Å². The molecule has 0 amide bonds. The predicted octanol–water partition coefficient (Wildman–Crippen LogP) is 5.45. The van der Waals surface area contributed by atoms with E-state index in [1.807, 2.05) is 25.1 Å². The Kier molecular flexibility index (Phi) is 6.28. The maximum absolute atomic E-state index is 11.7. The minimum absolute atomic E-state index is 0.325. The smallest absolute Gasteiger partial charge is 0.346 e. The van der Waals surface area contributed by atoms with Crippen molar-refractivity contribution in [3.8, 4) is 0 Å². The number of rotatable bonds is 8. The molecule has 2 heterocycles. The van der Waals surface area contributed by atoms with Crippen LogP contribution in [0.2, 0.25) is 0 Å². The molecule has 2 aromatic heterocycles. The van der Waals surface area contributed by atoms with Gasteiger partial charge in [0.15, 0.2) is 0 Å². The molecule has 31 heavy (non-hydrogen) atoms. The van der Waals surface area contributed by atoms with Crippen molar-refractivity contribution in [1.82, 2.24) is 9.97 Å². The second-order valence-corrected chi connectivity index (χ2v) is 8.68. The number of carboxylic acid groups (broad SMARTS) is 1. The summed E-state index contributed by atoms with van der Waals surface area (Å²) in [6.07, 6.45) is 2.40. The van der Waals surface area contributed by atoms with Crippen LogP contribution in [0.4, 0.5) is 5.82 Å². The van der Waals surface area contributed by atoms with Gasteiger partial charge in [0.1, 0.15) is 21.3 Å². The molecule has 0 aliphatic heterocycles. The van der Waals surface area contributed by atoms with E-state index in [9.17, 15) is 9.90 Å². The number of nitrogens with one attached hydrogen (secondary N) is 1. The normalized spacial score (nSPS) is 11.0. The Morgan fingerprint density at radius 2 is 1.74 bits per heavy atom. The molecule has 4 rings (SSSR count). The van der Waals surface area contributed by atoms with Crippen LogP contribution in [-0.2, 0) is 19.3 Å². The SMILES string of the molecule is Cc1cccc(CCNc2nc(CCc3ccccc3)nc3sc(C(=O)O)c(C)c23)c1. The topological polar surface area (TPSA) is 75.1 Å². The van der Waals surface area contributed by atoms with Crippen molar-refractivity contribution in [2.45, 2.75) is 33.1 Å². The van der Waals surface area contributed by atoms with Crippen LogP contribution in [0.1, 0.15) is 37.7 Å². The first-order valence-corrected chi connectivity index (χ1v) is 11.2. The van der Waals surface area contributed by atoms with Crippen molar-refractivity contribution in [3.63, 3.8) is 0 Å². The van der Waals surface area contributed by atoms with Gasteiger partial charge >= 0.3 is 5.97 Å². The predicted molar refractivity (Wildman–Crippen MR) is 126 cm³/mol. The summed E-state index contributed by atoms with van der Waals surface area (Å²) in [6, 6.07) is 18.7. The number of aryl methyl sites for hydroxylation is 4. The number of carboxylic acids is 1. The van der Waals surface area contributed by atoms with Gasteiger partial charge in [-0.15, -0.1) is 11.3 Å². The number of hydrogen-bond acceptors (Lipinski definition) is 5. The molecule has 6 heteroatoms. The largest absolute Gasteiger partial charge is 0.477 e. The minimum Gasteiger partial charge on any atom is -0.477 e. The lowest BCUT2D eigenvalue weighted by atomic mass is 10.1. The van der Waals surface area contributed by atoms with Crippen LogP contribution in [0.25, 0.3) is 10.2 Å². The Bertz CT molecular complexity index is 1220. The lowest BCUT2D eigenvalue weighted by Crippen LogP contribution is -2.09.